The van der Waals surface area contributed by atoms with Gasteiger partial charge in [0, 0.05) is 55.4 Å². The van der Waals surface area contributed by atoms with Gasteiger partial charge in [0.1, 0.15) is 0 Å². The van der Waals surface area contributed by atoms with Gasteiger partial charge in [-0.2, -0.15) is 0 Å². The highest BCUT2D eigenvalue weighted by atomic mass is 32.2. The highest BCUT2D eigenvalue weighted by molar-refractivity contribution is 7.77. The standard InChI is InChI=1S/C14H24N4O2S/c15-13-4-3-5-14(12-13)18-10-8-17(9-11-18)7-2-1-6-16-21(19)20/h3-5,12,16H,1-2,6-11,15H2,(H,19,20)/p-1. The van der Waals surface area contributed by atoms with Crippen molar-refractivity contribution < 1.29 is 8.76 Å². The summed E-state index contributed by atoms with van der Waals surface area (Å²) in [4.78, 5) is 4.78. The van der Waals surface area contributed by atoms with Crippen molar-refractivity contribution in [2.45, 2.75) is 12.8 Å². The Morgan fingerprint density at radius 2 is 2.00 bits per heavy atom. The van der Waals surface area contributed by atoms with Crippen molar-refractivity contribution in [3.8, 4) is 0 Å². The van der Waals surface area contributed by atoms with Gasteiger partial charge in [-0.25, -0.2) is 4.72 Å². The van der Waals surface area contributed by atoms with Crippen molar-refractivity contribution in [3.05, 3.63) is 24.3 Å². The average Bonchev–Trinajstić information content (AvgIpc) is 2.47. The van der Waals surface area contributed by atoms with Crippen LogP contribution in [0.25, 0.3) is 0 Å². The Balaban J connectivity index is 1.65. The van der Waals surface area contributed by atoms with Gasteiger partial charge in [0.05, 0.1) is 0 Å². The molecule has 0 bridgehead atoms. The summed E-state index contributed by atoms with van der Waals surface area (Å²) in [5.74, 6) is 0. The van der Waals surface area contributed by atoms with E-state index < -0.39 is 11.3 Å². The van der Waals surface area contributed by atoms with Crippen LogP contribution in [-0.2, 0) is 11.3 Å². The van der Waals surface area contributed by atoms with Crippen molar-refractivity contribution in [3.63, 3.8) is 0 Å². The SMILES string of the molecule is Nc1cccc(N2CCN(CCCCNS(=O)[O-])CC2)c1. The highest BCUT2D eigenvalue weighted by Gasteiger charge is 2.16. The maximum absolute atomic E-state index is 10.3. The largest absolute Gasteiger partial charge is 0.760 e. The summed E-state index contributed by atoms with van der Waals surface area (Å²) < 4.78 is 23.0. The number of nitrogens with one attached hydrogen (secondary N) is 1. The first-order valence-electron chi connectivity index (χ1n) is 7.31. The van der Waals surface area contributed by atoms with E-state index in [0.29, 0.717) is 6.54 Å². The fourth-order valence-electron chi connectivity index (χ4n) is 2.57. The summed E-state index contributed by atoms with van der Waals surface area (Å²) in [5, 5.41) is 0. The predicted molar refractivity (Wildman–Crippen MR) is 85.7 cm³/mol. The second-order valence-corrected chi connectivity index (χ2v) is 6.02. The van der Waals surface area contributed by atoms with E-state index in [4.69, 9.17) is 5.73 Å². The molecule has 7 heteroatoms. The molecule has 1 unspecified atom stereocenters. The summed E-state index contributed by atoms with van der Waals surface area (Å²) in [6.07, 6.45) is 1.89. The van der Waals surface area contributed by atoms with Crippen LogP contribution in [0.1, 0.15) is 12.8 Å². The molecule has 1 fully saturated rings. The van der Waals surface area contributed by atoms with E-state index in [-0.39, 0.29) is 0 Å². The number of nitrogen functional groups attached to an aromatic ring is 1. The number of hydrogen-bond acceptors (Lipinski definition) is 5. The zero-order valence-electron chi connectivity index (χ0n) is 12.2. The smallest absolute Gasteiger partial charge is 0.0387 e. The van der Waals surface area contributed by atoms with Crippen molar-refractivity contribution in [2.75, 3.05) is 49.9 Å². The molecular formula is C14H23N4O2S-. The van der Waals surface area contributed by atoms with Crippen molar-refractivity contribution >= 4 is 22.6 Å². The van der Waals surface area contributed by atoms with Gasteiger partial charge in [-0.1, -0.05) is 6.07 Å². The van der Waals surface area contributed by atoms with Crippen LogP contribution in [0, 0.1) is 0 Å². The van der Waals surface area contributed by atoms with Gasteiger partial charge in [-0.15, -0.1) is 0 Å². The van der Waals surface area contributed by atoms with Crippen molar-refractivity contribution in [1.82, 2.24) is 9.62 Å². The Morgan fingerprint density at radius 3 is 2.67 bits per heavy atom. The molecule has 1 aromatic rings. The molecule has 1 atom stereocenters. The Hall–Kier alpha value is -1.15. The van der Waals surface area contributed by atoms with Crippen LogP contribution >= 0.6 is 0 Å². The first-order valence-corrected chi connectivity index (χ1v) is 8.38. The van der Waals surface area contributed by atoms with E-state index >= 15 is 0 Å². The maximum Gasteiger partial charge on any atom is 0.0387 e. The van der Waals surface area contributed by atoms with E-state index in [1.165, 1.54) is 5.69 Å². The number of piperazine rings is 1. The summed E-state index contributed by atoms with van der Waals surface area (Å²) in [5.41, 5.74) is 7.82. The second-order valence-electron chi connectivity index (χ2n) is 5.26. The molecule has 6 nitrogen and oxygen atoms in total. The zero-order valence-corrected chi connectivity index (χ0v) is 13.0. The van der Waals surface area contributed by atoms with Crippen molar-refractivity contribution in [2.24, 2.45) is 0 Å². The maximum atomic E-state index is 10.3. The Labute approximate surface area is 128 Å². The Morgan fingerprint density at radius 1 is 1.24 bits per heavy atom. The molecule has 1 aliphatic rings. The number of anilines is 2. The van der Waals surface area contributed by atoms with Crippen LogP contribution < -0.4 is 15.4 Å². The predicted octanol–water partition coefficient (Wildman–Crippen LogP) is 0.555. The monoisotopic (exact) mass is 311 g/mol. The van der Waals surface area contributed by atoms with E-state index in [9.17, 15) is 8.76 Å². The number of nitrogens with zero attached hydrogens (tertiary/aromatic N) is 2. The molecule has 21 heavy (non-hydrogen) atoms. The third-order valence-corrected chi connectivity index (χ3v) is 4.17. The minimum absolute atomic E-state index is 0.527. The number of benzene rings is 1. The first-order chi connectivity index (χ1) is 10.1. The topological polar surface area (TPSA) is 84.7 Å². The molecule has 2 rings (SSSR count). The van der Waals surface area contributed by atoms with Crippen LogP contribution in [0.4, 0.5) is 11.4 Å². The molecular weight excluding hydrogens is 288 g/mol. The van der Waals surface area contributed by atoms with Gasteiger partial charge in [-0.3, -0.25) is 9.11 Å². The molecule has 1 aliphatic heterocycles. The van der Waals surface area contributed by atoms with E-state index in [0.717, 1.165) is 51.3 Å². The van der Waals surface area contributed by atoms with Gasteiger partial charge in [0.25, 0.3) is 0 Å². The van der Waals surface area contributed by atoms with Crippen LogP contribution in [0.3, 0.4) is 0 Å². The number of hydrogen-bond donors (Lipinski definition) is 2. The van der Waals surface area contributed by atoms with Crippen molar-refractivity contribution in [1.29, 1.82) is 0 Å². The van der Waals surface area contributed by atoms with E-state index in [1.54, 1.807) is 0 Å². The van der Waals surface area contributed by atoms with Gasteiger partial charge in [-0.05, 0) is 37.6 Å². The molecule has 0 saturated carbocycles. The fraction of sp³-hybridized carbons (Fsp3) is 0.571. The number of rotatable bonds is 7. The molecule has 118 valence electrons. The van der Waals surface area contributed by atoms with Crippen LogP contribution in [0.2, 0.25) is 0 Å². The fourth-order valence-corrected chi connectivity index (χ4v) is 2.88. The molecule has 0 aliphatic carbocycles. The normalized spacial score (nSPS) is 17.9. The summed E-state index contributed by atoms with van der Waals surface area (Å²) >= 11 is -2.13. The summed E-state index contributed by atoms with van der Waals surface area (Å²) in [6.45, 7) is 5.64. The lowest BCUT2D eigenvalue weighted by molar-refractivity contribution is 0.253. The zero-order chi connectivity index (χ0) is 15.1. The Bertz CT molecular complexity index is 464. The third kappa shape index (κ3) is 5.62. The minimum Gasteiger partial charge on any atom is -0.760 e. The lowest BCUT2D eigenvalue weighted by Gasteiger charge is -2.36. The molecule has 0 aromatic heterocycles. The summed E-state index contributed by atoms with van der Waals surface area (Å²) in [7, 11) is 0. The number of nitrogens with two attached hydrogens (primary N) is 1. The molecule has 0 amide bonds. The highest BCUT2D eigenvalue weighted by Crippen LogP contribution is 2.19. The molecule has 1 heterocycles. The van der Waals surface area contributed by atoms with Gasteiger partial charge >= 0.3 is 0 Å². The third-order valence-electron chi connectivity index (χ3n) is 3.73. The van der Waals surface area contributed by atoms with Crippen LogP contribution in [0.5, 0.6) is 0 Å². The quantitative estimate of drug-likeness (QED) is 0.436. The van der Waals surface area contributed by atoms with Gasteiger partial charge in [0.15, 0.2) is 0 Å². The van der Waals surface area contributed by atoms with Crippen LogP contribution in [-0.4, -0.2) is 52.9 Å². The summed E-state index contributed by atoms with van der Waals surface area (Å²) in [6, 6.07) is 8.01. The van der Waals surface area contributed by atoms with Gasteiger partial charge < -0.3 is 15.2 Å². The molecule has 1 aromatic carbocycles. The minimum atomic E-state index is -2.13. The molecule has 0 radical (unpaired) electrons. The van der Waals surface area contributed by atoms with Gasteiger partial charge in [0.2, 0.25) is 0 Å². The lowest BCUT2D eigenvalue weighted by Crippen LogP contribution is -2.46. The Kier molecular flexibility index (Phi) is 6.44. The second kappa shape index (κ2) is 8.33. The number of unbranched alkanes of at least 4 members (excludes halogenated alkanes) is 1. The van der Waals surface area contributed by atoms with Crippen LogP contribution in [0.15, 0.2) is 24.3 Å². The first kappa shape index (κ1) is 16.2. The molecule has 1 saturated heterocycles. The lowest BCUT2D eigenvalue weighted by atomic mass is 10.2. The van der Waals surface area contributed by atoms with E-state index in [1.807, 2.05) is 18.2 Å². The van der Waals surface area contributed by atoms with E-state index in [2.05, 4.69) is 20.6 Å². The average molecular weight is 311 g/mol. The molecule has 3 N–H and O–H groups in total. The molecule has 0 spiro atoms.